The highest BCUT2D eigenvalue weighted by molar-refractivity contribution is 7.99. The van der Waals surface area contributed by atoms with Crippen LogP contribution in [-0.2, 0) is 12.4 Å². The number of likely N-dealkylation sites (tertiary alicyclic amines) is 2. The van der Waals surface area contributed by atoms with Crippen LogP contribution in [-0.4, -0.2) is 84.5 Å². The van der Waals surface area contributed by atoms with Crippen LogP contribution >= 0.6 is 23.5 Å². The number of nitrogens with one attached hydrogen (secondary N) is 2. The maximum atomic E-state index is 12.9. The van der Waals surface area contributed by atoms with Gasteiger partial charge >= 0.3 is 12.4 Å². The average Bonchev–Trinajstić information content (AvgIpc) is 3.87. The minimum Gasteiger partial charge on any atom is -0.348 e. The highest BCUT2D eigenvalue weighted by Gasteiger charge is 2.36. The number of carbonyl (C=O) groups excluding carboxylic acids is 2. The molecule has 0 unspecified atom stereocenters. The van der Waals surface area contributed by atoms with Crippen molar-refractivity contribution in [3.63, 3.8) is 0 Å². The van der Waals surface area contributed by atoms with Gasteiger partial charge in [0.1, 0.15) is 0 Å². The van der Waals surface area contributed by atoms with Crippen molar-refractivity contribution in [2.75, 3.05) is 38.7 Å². The molecule has 6 rings (SSSR count). The lowest BCUT2D eigenvalue weighted by Gasteiger charge is -2.38. The van der Waals surface area contributed by atoms with E-state index in [9.17, 15) is 35.9 Å². The number of hydrogen-bond donors (Lipinski definition) is 2. The molecule has 2 saturated heterocycles. The molecule has 2 aromatic rings. The minimum absolute atomic E-state index is 0. The van der Waals surface area contributed by atoms with E-state index in [2.05, 4.69) is 20.4 Å². The van der Waals surface area contributed by atoms with Crippen molar-refractivity contribution < 1.29 is 35.9 Å². The van der Waals surface area contributed by atoms with Crippen LogP contribution < -0.4 is 10.6 Å². The van der Waals surface area contributed by atoms with Crippen LogP contribution in [0.15, 0.2) is 46.2 Å². The van der Waals surface area contributed by atoms with Gasteiger partial charge in [-0.3, -0.25) is 19.4 Å². The zero-order chi connectivity index (χ0) is 37.5. The van der Waals surface area contributed by atoms with Crippen LogP contribution in [0.25, 0.3) is 0 Å². The van der Waals surface area contributed by atoms with E-state index < -0.39 is 23.5 Å². The summed E-state index contributed by atoms with van der Waals surface area (Å²) >= 11 is 2.34. The Morgan fingerprint density at radius 3 is 1.25 bits per heavy atom. The number of carbonyl (C=O) groups is 2. The third-order valence-electron chi connectivity index (χ3n) is 10.9. The first kappa shape index (κ1) is 43.3. The summed E-state index contributed by atoms with van der Waals surface area (Å²) in [4.78, 5) is 31.2. The predicted molar refractivity (Wildman–Crippen MR) is 202 cm³/mol. The molecule has 2 aromatic carbocycles. The van der Waals surface area contributed by atoms with Gasteiger partial charge in [0.2, 0.25) is 0 Å². The summed E-state index contributed by atoms with van der Waals surface area (Å²) in [5.41, 5.74) is -0.774. The quantitative estimate of drug-likeness (QED) is 0.205. The molecular weight excluding hydrogens is 735 g/mol. The van der Waals surface area contributed by atoms with Gasteiger partial charge in [-0.05, 0) is 126 Å². The Labute approximate surface area is 319 Å². The molecule has 4 fully saturated rings. The van der Waals surface area contributed by atoms with E-state index in [1.54, 1.807) is 12.5 Å². The van der Waals surface area contributed by atoms with Gasteiger partial charge < -0.3 is 10.6 Å². The number of thioether (sulfide) groups is 2. The van der Waals surface area contributed by atoms with Crippen LogP contribution in [0.3, 0.4) is 0 Å². The fourth-order valence-electron chi connectivity index (χ4n) is 8.18. The lowest BCUT2D eigenvalue weighted by molar-refractivity contribution is -0.138. The van der Waals surface area contributed by atoms with Crippen LogP contribution in [0.2, 0.25) is 0 Å². The first-order valence-corrected chi connectivity index (χ1v) is 20.9. The van der Waals surface area contributed by atoms with Gasteiger partial charge in [-0.1, -0.05) is 33.1 Å². The Kier molecular flexibility index (Phi) is 15.9. The van der Waals surface area contributed by atoms with E-state index in [1.165, 1.54) is 74.2 Å². The fraction of sp³-hybridized carbons (Fsp3) is 0.641. The van der Waals surface area contributed by atoms with Crippen LogP contribution in [0.1, 0.15) is 116 Å². The Morgan fingerprint density at radius 1 is 0.585 bits per heavy atom. The van der Waals surface area contributed by atoms with Crippen molar-refractivity contribution in [2.45, 2.75) is 131 Å². The number of amides is 2. The van der Waals surface area contributed by atoms with Crippen molar-refractivity contribution in [2.24, 2.45) is 0 Å². The second kappa shape index (κ2) is 19.4. The van der Waals surface area contributed by atoms with Crippen LogP contribution in [0, 0.1) is 0 Å². The smallest absolute Gasteiger partial charge is 0.348 e. The van der Waals surface area contributed by atoms with Crippen LogP contribution in [0.4, 0.5) is 26.3 Å². The number of hydrogen-bond acceptors (Lipinski definition) is 6. The Hall–Kier alpha value is -2.42. The number of benzene rings is 2. The summed E-state index contributed by atoms with van der Waals surface area (Å²) in [6, 6.07) is 7.58. The molecule has 0 aromatic heterocycles. The van der Waals surface area contributed by atoms with E-state index in [1.807, 2.05) is 0 Å². The first-order valence-electron chi connectivity index (χ1n) is 18.4. The summed E-state index contributed by atoms with van der Waals surface area (Å²) < 4.78 is 77.5. The number of alkyl halides is 6. The SMILES string of the molecule is C.CSc1cc(C(F)(F)F)ccc1C(=O)N[C@@H]1CCCC[C@@H]1N1CCCC1.CSc1cc(C(F)(F)F)ccc1C(=O)N[C@H]1CCCC[C@H]1N1CCCC1. The maximum absolute atomic E-state index is 12.9. The minimum atomic E-state index is -4.40. The van der Waals surface area contributed by atoms with Crippen molar-refractivity contribution >= 4 is 35.3 Å². The Balaban J connectivity index is 0.000000232. The molecule has 2 aliphatic heterocycles. The third-order valence-corrected chi connectivity index (χ3v) is 12.4. The van der Waals surface area contributed by atoms with E-state index in [4.69, 9.17) is 0 Å². The van der Waals surface area contributed by atoms with Gasteiger partial charge in [0.25, 0.3) is 11.8 Å². The van der Waals surface area contributed by atoms with E-state index in [0.717, 1.165) is 89.0 Å². The molecule has 4 atom stereocenters. The topological polar surface area (TPSA) is 64.7 Å². The van der Waals surface area contributed by atoms with Crippen molar-refractivity contribution in [1.82, 2.24) is 20.4 Å². The normalized spacial score (nSPS) is 24.2. The fourth-order valence-corrected chi connectivity index (χ4v) is 9.43. The zero-order valence-corrected chi connectivity index (χ0v) is 31.5. The van der Waals surface area contributed by atoms with Crippen LogP contribution in [0.5, 0.6) is 0 Å². The standard InChI is InChI=1S/2C19H25F3N2OS.CH4/c2*1-26-17-12-13(19(20,21)22)8-9-14(17)18(25)23-15-6-2-3-7-16(15)24-10-4-5-11-24;/h2*8-9,12,15-16H,2-7,10-11H2,1H3,(H,23,25);1H4/t2*15-,16+;/m10./s1. The van der Waals surface area contributed by atoms with Gasteiger partial charge in [-0.15, -0.1) is 23.5 Å². The largest absolute Gasteiger partial charge is 0.416 e. The lowest BCUT2D eigenvalue weighted by atomic mass is 9.89. The predicted octanol–water partition coefficient (Wildman–Crippen LogP) is 9.76. The Bertz CT molecular complexity index is 1400. The molecule has 2 saturated carbocycles. The molecule has 296 valence electrons. The summed E-state index contributed by atoms with van der Waals surface area (Å²) in [6.07, 6.45) is 7.92. The highest BCUT2D eigenvalue weighted by Crippen LogP contribution is 2.35. The summed E-state index contributed by atoms with van der Waals surface area (Å²) in [5.74, 6) is -0.529. The summed E-state index contributed by atoms with van der Waals surface area (Å²) in [6.45, 7) is 4.31. The lowest BCUT2D eigenvalue weighted by Crippen LogP contribution is -2.52. The van der Waals surface area contributed by atoms with E-state index in [0.29, 0.717) is 33.0 Å². The molecule has 6 nitrogen and oxygen atoms in total. The number of nitrogens with zero attached hydrogens (tertiary/aromatic N) is 2. The van der Waals surface area contributed by atoms with Crippen molar-refractivity contribution in [3.8, 4) is 0 Å². The second-order valence-corrected chi connectivity index (χ2v) is 15.9. The molecule has 0 radical (unpaired) electrons. The molecule has 0 spiro atoms. The van der Waals surface area contributed by atoms with Crippen molar-refractivity contribution in [1.29, 1.82) is 0 Å². The summed E-state index contributed by atoms with van der Waals surface area (Å²) in [5, 5.41) is 6.24. The molecule has 4 aliphatic rings. The molecule has 53 heavy (non-hydrogen) atoms. The first-order chi connectivity index (χ1) is 24.8. The van der Waals surface area contributed by atoms with E-state index >= 15 is 0 Å². The van der Waals surface area contributed by atoms with Gasteiger partial charge in [0.15, 0.2) is 0 Å². The zero-order valence-electron chi connectivity index (χ0n) is 29.9. The molecule has 14 heteroatoms. The van der Waals surface area contributed by atoms with Gasteiger partial charge in [-0.2, -0.15) is 26.3 Å². The third kappa shape index (κ3) is 11.3. The highest BCUT2D eigenvalue weighted by atomic mass is 32.2. The summed E-state index contributed by atoms with van der Waals surface area (Å²) in [7, 11) is 0. The van der Waals surface area contributed by atoms with Gasteiger partial charge in [0.05, 0.1) is 22.3 Å². The molecule has 2 amide bonds. The van der Waals surface area contributed by atoms with Gasteiger partial charge in [-0.25, -0.2) is 0 Å². The molecule has 2 heterocycles. The second-order valence-electron chi connectivity index (χ2n) is 14.2. The average molecular weight is 789 g/mol. The maximum Gasteiger partial charge on any atom is 0.416 e. The number of halogens is 6. The molecule has 2 N–H and O–H groups in total. The molecular formula is C39H54F6N4O2S2. The Morgan fingerprint density at radius 2 is 0.925 bits per heavy atom. The molecule has 2 aliphatic carbocycles. The number of rotatable bonds is 8. The van der Waals surface area contributed by atoms with Gasteiger partial charge in [0, 0.05) is 34.0 Å². The monoisotopic (exact) mass is 788 g/mol. The van der Waals surface area contributed by atoms with E-state index in [-0.39, 0.29) is 31.3 Å². The van der Waals surface area contributed by atoms with Crippen molar-refractivity contribution in [3.05, 3.63) is 58.7 Å². The molecule has 0 bridgehead atoms.